The van der Waals surface area contributed by atoms with Crippen LogP contribution in [0.5, 0.6) is 0 Å². The van der Waals surface area contributed by atoms with E-state index in [0.717, 1.165) is 11.6 Å². The number of nitrogens with two attached hydrogens (primary N) is 1. The summed E-state index contributed by atoms with van der Waals surface area (Å²) in [6, 6.07) is 0. The Hall–Kier alpha value is -0.770. The smallest absolute Gasteiger partial charge is 0.301 e. The maximum Gasteiger partial charge on any atom is 0.301 e. The molecule has 3 rings (SSSR count). The molecule has 1 heterocycles. The van der Waals surface area contributed by atoms with Crippen molar-refractivity contribution in [2.24, 2.45) is 0 Å². The van der Waals surface area contributed by atoms with E-state index in [4.69, 9.17) is 5.84 Å². The number of aromatic amines is 1. The lowest BCUT2D eigenvalue weighted by Crippen LogP contribution is -3.00. The van der Waals surface area contributed by atoms with Gasteiger partial charge in [0.05, 0.1) is 11.8 Å². The minimum absolute atomic E-state index is 0. The Morgan fingerprint density at radius 3 is 2.38 bits per heavy atom. The van der Waals surface area contributed by atoms with Gasteiger partial charge in [-0.15, -0.1) is 9.77 Å². The number of H-pyrrole nitrogens is 1. The average Bonchev–Trinajstić information content (AvgIpc) is 2.94. The van der Waals surface area contributed by atoms with Crippen LogP contribution in [0.2, 0.25) is 0 Å². The summed E-state index contributed by atoms with van der Waals surface area (Å²) in [5.74, 6) is 9.38. The van der Waals surface area contributed by atoms with E-state index in [1.54, 1.807) is 4.68 Å². The van der Waals surface area contributed by atoms with E-state index >= 15 is 0 Å². The molecule has 2 aliphatic carbocycles. The van der Waals surface area contributed by atoms with Gasteiger partial charge in [-0.2, -0.15) is 0 Å². The molecule has 2 fully saturated rings. The molecule has 5 heteroatoms. The van der Waals surface area contributed by atoms with Crippen LogP contribution in [-0.2, 0) is 0 Å². The zero-order valence-corrected chi connectivity index (χ0v) is 8.09. The van der Waals surface area contributed by atoms with E-state index in [1.165, 1.54) is 25.7 Å². The van der Waals surface area contributed by atoms with E-state index in [9.17, 15) is 0 Å². The summed E-state index contributed by atoms with van der Waals surface area (Å²) in [5, 5.41) is 7.30. The van der Waals surface area contributed by atoms with Crippen LogP contribution in [0.1, 0.15) is 49.2 Å². The predicted octanol–water partition coefficient (Wildman–Crippen LogP) is -2.83. The van der Waals surface area contributed by atoms with Gasteiger partial charge in [0.2, 0.25) is 0 Å². The van der Waals surface area contributed by atoms with E-state index in [1.807, 2.05) is 0 Å². The topological polar surface area (TPSA) is 58.6 Å². The third kappa shape index (κ3) is 1.39. The first-order valence-electron chi connectivity index (χ1n) is 4.61. The van der Waals surface area contributed by atoms with Crippen LogP contribution in [0.4, 0.5) is 0 Å². The highest BCUT2D eigenvalue weighted by Gasteiger charge is 2.39. The molecule has 0 atom stereocenters. The van der Waals surface area contributed by atoms with Gasteiger partial charge >= 0.3 is 5.82 Å². The first-order chi connectivity index (χ1) is 5.86. The van der Waals surface area contributed by atoms with Crippen molar-refractivity contribution in [1.29, 1.82) is 0 Å². The fraction of sp³-hybridized carbons (Fsp3) is 0.750. The van der Waals surface area contributed by atoms with Crippen molar-refractivity contribution in [3.05, 3.63) is 11.6 Å². The summed E-state index contributed by atoms with van der Waals surface area (Å²) in [4.78, 5) is 0. The summed E-state index contributed by atoms with van der Waals surface area (Å²) >= 11 is 0. The maximum atomic E-state index is 5.91. The van der Waals surface area contributed by atoms with E-state index in [0.29, 0.717) is 11.8 Å². The number of nitrogen functional groups attached to an aromatic ring is 1. The molecule has 0 saturated heterocycles. The summed E-state index contributed by atoms with van der Waals surface area (Å²) < 4.78 is 1.77. The van der Waals surface area contributed by atoms with Crippen molar-refractivity contribution in [2.45, 2.75) is 37.5 Å². The quantitative estimate of drug-likeness (QED) is 0.400. The number of aromatic nitrogens is 3. The largest absolute Gasteiger partial charge is 1.00 e. The molecule has 0 aromatic carbocycles. The monoisotopic (exact) mass is 200 g/mol. The van der Waals surface area contributed by atoms with Crippen molar-refractivity contribution < 1.29 is 17.1 Å². The number of nitrogens with zero attached hydrogens (tertiary/aromatic N) is 2. The molecule has 0 radical (unpaired) electrons. The molecule has 3 N–H and O–H groups in total. The zero-order chi connectivity index (χ0) is 8.13. The third-order valence-corrected chi connectivity index (χ3v) is 2.70. The molecule has 72 valence electrons. The first kappa shape index (κ1) is 8.81. The zero-order valence-electron chi connectivity index (χ0n) is 7.33. The van der Waals surface area contributed by atoms with Crippen LogP contribution in [-0.4, -0.2) is 10.2 Å². The van der Waals surface area contributed by atoms with E-state index in [2.05, 4.69) is 10.2 Å². The summed E-state index contributed by atoms with van der Waals surface area (Å²) in [7, 11) is 0. The van der Waals surface area contributed by atoms with Crippen LogP contribution in [0.15, 0.2) is 0 Å². The van der Waals surface area contributed by atoms with Crippen molar-refractivity contribution in [3.63, 3.8) is 0 Å². The molecule has 13 heavy (non-hydrogen) atoms. The summed E-state index contributed by atoms with van der Waals surface area (Å²) in [6.07, 6.45) is 5.05. The molecule has 4 nitrogen and oxygen atoms in total. The molecule has 1 aromatic rings. The lowest BCUT2D eigenvalue weighted by atomic mass is 10.4. The van der Waals surface area contributed by atoms with Gasteiger partial charge in [-0.25, -0.2) is 0 Å². The minimum atomic E-state index is 0. The molecular formula is C8H13ClN4. The lowest BCUT2D eigenvalue weighted by Gasteiger charge is -1.91. The lowest BCUT2D eigenvalue weighted by molar-refractivity contribution is -0.655. The summed E-state index contributed by atoms with van der Waals surface area (Å²) in [5.41, 5.74) is 0. The molecule has 0 amide bonds. The Balaban J connectivity index is 0.000000653. The van der Waals surface area contributed by atoms with Gasteiger partial charge in [-0.05, 0) is 25.7 Å². The van der Waals surface area contributed by atoms with Gasteiger partial charge in [-0.1, -0.05) is 0 Å². The van der Waals surface area contributed by atoms with E-state index < -0.39 is 0 Å². The normalized spacial score (nSPS) is 21.2. The number of hydrogen-bond donors (Lipinski definition) is 2. The standard InChI is InChI=1S/C8H12N4.ClH/c9-12-7(5-1-2-5)10-11-8(12)6-3-4-6;/h5-6H,1-4,9H2;1H. The molecule has 2 saturated carbocycles. The van der Waals surface area contributed by atoms with Crippen LogP contribution in [0.25, 0.3) is 0 Å². The molecule has 0 bridgehead atoms. The Labute approximate surface area is 82.9 Å². The SMILES string of the molecule is N[n+]1c(C2CC2)n[nH]c1C1CC1.[Cl-]. The van der Waals surface area contributed by atoms with Crippen LogP contribution in [0, 0.1) is 0 Å². The highest BCUT2D eigenvalue weighted by Crippen LogP contribution is 2.40. The average molecular weight is 201 g/mol. The van der Waals surface area contributed by atoms with Gasteiger partial charge < -0.3 is 12.4 Å². The second-order valence-corrected chi connectivity index (χ2v) is 3.89. The Bertz CT molecular complexity index is 284. The van der Waals surface area contributed by atoms with Gasteiger partial charge in [0.15, 0.2) is 0 Å². The third-order valence-electron chi connectivity index (χ3n) is 2.70. The maximum absolute atomic E-state index is 5.91. The first-order valence-corrected chi connectivity index (χ1v) is 4.61. The molecule has 0 unspecified atom stereocenters. The molecule has 2 aliphatic rings. The fourth-order valence-corrected chi connectivity index (χ4v) is 1.62. The number of nitrogens with one attached hydrogen (secondary N) is 1. The van der Waals surface area contributed by atoms with Crippen LogP contribution in [0.3, 0.4) is 0 Å². The van der Waals surface area contributed by atoms with Gasteiger partial charge in [-0.3, -0.25) is 5.84 Å². The van der Waals surface area contributed by atoms with Gasteiger partial charge in [0, 0.05) is 5.10 Å². The van der Waals surface area contributed by atoms with Crippen molar-refractivity contribution >= 4 is 0 Å². The Morgan fingerprint density at radius 1 is 1.23 bits per heavy atom. The number of rotatable bonds is 2. The molecular weight excluding hydrogens is 188 g/mol. The predicted molar refractivity (Wildman–Crippen MR) is 42.9 cm³/mol. The van der Waals surface area contributed by atoms with E-state index in [-0.39, 0.29) is 12.4 Å². The summed E-state index contributed by atoms with van der Waals surface area (Å²) in [6.45, 7) is 0. The number of hydrogen-bond acceptors (Lipinski definition) is 2. The van der Waals surface area contributed by atoms with Crippen molar-refractivity contribution in [3.8, 4) is 0 Å². The van der Waals surface area contributed by atoms with Gasteiger partial charge in [0.1, 0.15) is 0 Å². The second kappa shape index (κ2) is 2.87. The highest BCUT2D eigenvalue weighted by atomic mass is 35.5. The number of halogens is 1. The molecule has 1 aromatic heterocycles. The van der Waals surface area contributed by atoms with Crippen LogP contribution >= 0.6 is 0 Å². The minimum Gasteiger partial charge on any atom is -1.00 e. The Morgan fingerprint density at radius 2 is 1.85 bits per heavy atom. The van der Waals surface area contributed by atoms with Crippen LogP contribution < -0.4 is 22.9 Å². The molecule has 0 spiro atoms. The van der Waals surface area contributed by atoms with Crippen molar-refractivity contribution in [2.75, 3.05) is 5.84 Å². The Kier molecular flexibility index (Phi) is 1.95. The van der Waals surface area contributed by atoms with Crippen molar-refractivity contribution in [1.82, 2.24) is 10.2 Å². The highest BCUT2D eigenvalue weighted by molar-refractivity contribution is 5.03. The molecule has 0 aliphatic heterocycles. The van der Waals surface area contributed by atoms with Gasteiger partial charge in [0.25, 0.3) is 5.82 Å². The second-order valence-electron chi connectivity index (χ2n) is 3.89. The fourth-order valence-electron chi connectivity index (χ4n) is 1.62.